The van der Waals surface area contributed by atoms with Gasteiger partial charge in [-0.05, 0) is 76.6 Å². The molecule has 0 heterocycles. The average molecular weight is 291 g/mol. The number of rotatable bonds is 8. The fourth-order valence-electron chi connectivity index (χ4n) is 2.94. The van der Waals surface area contributed by atoms with Crippen molar-refractivity contribution < 1.29 is 0 Å². The molecule has 0 spiro atoms. The van der Waals surface area contributed by atoms with Gasteiger partial charge in [-0.25, -0.2) is 0 Å². The Morgan fingerprint density at radius 1 is 1.00 bits per heavy atom. The molecule has 1 unspecified atom stereocenters. The van der Waals surface area contributed by atoms with Crippen molar-refractivity contribution in [2.75, 3.05) is 40.3 Å². The summed E-state index contributed by atoms with van der Waals surface area (Å²) in [5.41, 5.74) is 11.6. The highest BCUT2D eigenvalue weighted by Crippen LogP contribution is 2.26. The van der Waals surface area contributed by atoms with Gasteiger partial charge < -0.3 is 10.6 Å². The largest absolute Gasteiger partial charge is 0.329 e. The molecule has 1 rings (SSSR count). The van der Waals surface area contributed by atoms with Gasteiger partial charge in [0.2, 0.25) is 0 Å². The molecular weight excluding hydrogens is 258 g/mol. The molecule has 0 fully saturated rings. The smallest absolute Gasteiger partial charge is 0.0473 e. The lowest BCUT2D eigenvalue weighted by Gasteiger charge is -2.32. The third-order valence-corrected chi connectivity index (χ3v) is 4.36. The van der Waals surface area contributed by atoms with Crippen molar-refractivity contribution in [3.05, 3.63) is 34.4 Å². The number of nitrogens with zero attached hydrogens (tertiary/aromatic N) is 2. The fourth-order valence-corrected chi connectivity index (χ4v) is 2.94. The molecular formula is C18H33N3. The van der Waals surface area contributed by atoms with E-state index in [9.17, 15) is 0 Å². The number of benzene rings is 1. The molecule has 0 amide bonds. The van der Waals surface area contributed by atoms with Gasteiger partial charge in [0.15, 0.2) is 0 Å². The molecule has 0 aliphatic rings. The van der Waals surface area contributed by atoms with Crippen molar-refractivity contribution in [2.24, 2.45) is 5.73 Å². The first-order valence-electron chi connectivity index (χ1n) is 8.07. The number of likely N-dealkylation sites (N-methyl/N-ethyl adjacent to an activating group) is 1. The molecule has 0 radical (unpaired) electrons. The van der Waals surface area contributed by atoms with E-state index >= 15 is 0 Å². The standard InChI is InChI=1S/C18H33N3/c1-7-21(10-8-9-20(5)6)18(13-19)17-12-15(3)14(2)11-16(17)4/h11-12,18H,7-10,13,19H2,1-6H3. The first-order valence-corrected chi connectivity index (χ1v) is 8.07. The van der Waals surface area contributed by atoms with E-state index in [0.717, 1.165) is 19.6 Å². The van der Waals surface area contributed by atoms with Gasteiger partial charge in [-0.2, -0.15) is 0 Å². The predicted molar refractivity (Wildman–Crippen MR) is 92.9 cm³/mol. The van der Waals surface area contributed by atoms with E-state index < -0.39 is 0 Å². The minimum absolute atomic E-state index is 0.330. The second-order valence-electron chi connectivity index (χ2n) is 6.33. The van der Waals surface area contributed by atoms with Crippen LogP contribution in [0.15, 0.2) is 12.1 Å². The molecule has 0 bridgehead atoms. The van der Waals surface area contributed by atoms with Gasteiger partial charge in [0.1, 0.15) is 0 Å². The van der Waals surface area contributed by atoms with Crippen molar-refractivity contribution in [3.8, 4) is 0 Å². The molecule has 3 heteroatoms. The van der Waals surface area contributed by atoms with Gasteiger partial charge in [-0.3, -0.25) is 4.90 Å². The highest BCUT2D eigenvalue weighted by molar-refractivity contribution is 5.38. The van der Waals surface area contributed by atoms with Crippen LogP contribution < -0.4 is 5.73 Å². The molecule has 0 aliphatic heterocycles. The zero-order valence-electron chi connectivity index (χ0n) is 14.7. The zero-order valence-corrected chi connectivity index (χ0v) is 14.7. The lowest BCUT2D eigenvalue weighted by Crippen LogP contribution is -2.36. The van der Waals surface area contributed by atoms with E-state index in [0.29, 0.717) is 12.6 Å². The molecule has 0 saturated heterocycles. The summed E-state index contributed by atoms with van der Waals surface area (Å²) >= 11 is 0. The van der Waals surface area contributed by atoms with Gasteiger partial charge in [0.05, 0.1) is 0 Å². The van der Waals surface area contributed by atoms with Crippen LogP contribution >= 0.6 is 0 Å². The summed E-state index contributed by atoms with van der Waals surface area (Å²) in [6.07, 6.45) is 1.18. The van der Waals surface area contributed by atoms with E-state index in [1.54, 1.807) is 0 Å². The van der Waals surface area contributed by atoms with Gasteiger partial charge in [0.25, 0.3) is 0 Å². The summed E-state index contributed by atoms with van der Waals surface area (Å²) in [4.78, 5) is 4.76. The predicted octanol–water partition coefficient (Wildman–Crippen LogP) is 2.89. The fraction of sp³-hybridized carbons (Fsp3) is 0.667. The van der Waals surface area contributed by atoms with Crippen LogP contribution in [0.25, 0.3) is 0 Å². The first-order chi connectivity index (χ1) is 9.90. The summed E-state index contributed by atoms with van der Waals surface area (Å²) < 4.78 is 0. The lowest BCUT2D eigenvalue weighted by molar-refractivity contribution is 0.201. The molecule has 3 nitrogen and oxygen atoms in total. The molecule has 21 heavy (non-hydrogen) atoms. The Morgan fingerprint density at radius 2 is 1.62 bits per heavy atom. The summed E-state index contributed by atoms with van der Waals surface area (Å²) in [5.74, 6) is 0. The Balaban J connectivity index is 2.91. The molecule has 1 atom stereocenters. The lowest BCUT2D eigenvalue weighted by atomic mass is 9.94. The number of hydrogen-bond donors (Lipinski definition) is 1. The zero-order chi connectivity index (χ0) is 16.0. The molecule has 120 valence electrons. The number of aryl methyl sites for hydroxylation is 3. The van der Waals surface area contributed by atoms with Crippen molar-refractivity contribution in [2.45, 2.75) is 40.2 Å². The Morgan fingerprint density at radius 3 is 2.14 bits per heavy atom. The first kappa shape index (κ1) is 18.1. The van der Waals surface area contributed by atoms with Crippen LogP contribution in [0.2, 0.25) is 0 Å². The maximum Gasteiger partial charge on any atom is 0.0473 e. The molecule has 2 N–H and O–H groups in total. The molecule has 0 aromatic heterocycles. The Labute approximate surface area is 131 Å². The maximum atomic E-state index is 6.12. The van der Waals surface area contributed by atoms with Gasteiger partial charge in [-0.15, -0.1) is 0 Å². The van der Waals surface area contributed by atoms with Crippen molar-refractivity contribution in [3.63, 3.8) is 0 Å². The van der Waals surface area contributed by atoms with E-state index in [4.69, 9.17) is 5.73 Å². The minimum Gasteiger partial charge on any atom is -0.329 e. The van der Waals surface area contributed by atoms with Crippen LogP contribution in [-0.2, 0) is 0 Å². The van der Waals surface area contributed by atoms with E-state index in [1.807, 2.05) is 0 Å². The quantitative estimate of drug-likeness (QED) is 0.799. The van der Waals surface area contributed by atoms with Crippen LogP contribution in [0.5, 0.6) is 0 Å². The molecule has 1 aromatic carbocycles. The highest BCUT2D eigenvalue weighted by atomic mass is 15.2. The van der Waals surface area contributed by atoms with E-state index in [2.05, 4.69) is 63.7 Å². The Bertz CT molecular complexity index is 440. The molecule has 1 aromatic rings. The Hall–Kier alpha value is -0.900. The summed E-state index contributed by atoms with van der Waals surface area (Å²) in [5, 5.41) is 0. The maximum absolute atomic E-state index is 6.12. The molecule has 0 aliphatic carbocycles. The monoisotopic (exact) mass is 291 g/mol. The average Bonchev–Trinajstić information content (AvgIpc) is 2.42. The topological polar surface area (TPSA) is 32.5 Å². The second kappa shape index (κ2) is 8.52. The molecule has 0 saturated carbocycles. The minimum atomic E-state index is 0.330. The van der Waals surface area contributed by atoms with Crippen LogP contribution in [0.4, 0.5) is 0 Å². The third kappa shape index (κ3) is 5.10. The van der Waals surface area contributed by atoms with Crippen molar-refractivity contribution in [1.29, 1.82) is 0 Å². The number of hydrogen-bond acceptors (Lipinski definition) is 3. The van der Waals surface area contributed by atoms with Crippen LogP contribution in [-0.4, -0.2) is 50.1 Å². The third-order valence-electron chi connectivity index (χ3n) is 4.36. The van der Waals surface area contributed by atoms with E-state index in [-0.39, 0.29) is 0 Å². The summed E-state index contributed by atoms with van der Waals surface area (Å²) in [7, 11) is 4.26. The SMILES string of the molecule is CCN(CCCN(C)C)C(CN)c1cc(C)c(C)cc1C. The number of nitrogens with two attached hydrogens (primary N) is 1. The van der Waals surface area contributed by atoms with Gasteiger partial charge >= 0.3 is 0 Å². The second-order valence-corrected chi connectivity index (χ2v) is 6.33. The van der Waals surface area contributed by atoms with Crippen LogP contribution in [0, 0.1) is 20.8 Å². The van der Waals surface area contributed by atoms with Crippen molar-refractivity contribution >= 4 is 0 Å². The Kier molecular flexibility index (Phi) is 7.36. The summed E-state index contributed by atoms with van der Waals surface area (Å²) in [6, 6.07) is 4.95. The van der Waals surface area contributed by atoms with Gasteiger partial charge in [-0.1, -0.05) is 19.1 Å². The van der Waals surface area contributed by atoms with E-state index in [1.165, 1.54) is 28.7 Å². The van der Waals surface area contributed by atoms with Gasteiger partial charge in [0, 0.05) is 19.1 Å². The highest BCUT2D eigenvalue weighted by Gasteiger charge is 2.19. The normalized spacial score (nSPS) is 13.2. The van der Waals surface area contributed by atoms with Crippen LogP contribution in [0.1, 0.15) is 41.6 Å². The summed E-state index contributed by atoms with van der Waals surface area (Å²) in [6.45, 7) is 12.8. The van der Waals surface area contributed by atoms with Crippen molar-refractivity contribution in [1.82, 2.24) is 9.80 Å². The van der Waals surface area contributed by atoms with Crippen LogP contribution in [0.3, 0.4) is 0 Å².